The number of hydrogen-bond acceptors (Lipinski definition) is 4. The molecular weight excluding hydrogens is 351 g/mol. The highest BCUT2D eigenvalue weighted by atomic mass is 35.5. The van der Waals surface area contributed by atoms with E-state index in [4.69, 9.17) is 28.3 Å². The Bertz CT molecular complexity index is 878. The quantitative estimate of drug-likeness (QED) is 0.635. The van der Waals surface area contributed by atoms with Crippen molar-refractivity contribution >= 4 is 35.0 Å². The van der Waals surface area contributed by atoms with Gasteiger partial charge in [0.15, 0.2) is 11.5 Å². The van der Waals surface area contributed by atoms with Crippen molar-refractivity contribution in [2.75, 3.05) is 5.32 Å². The van der Waals surface area contributed by atoms with Crippen LogP contribution < -0.4 is 5.32 Å². The second kappa shape index (κ2) is 6.90. The van der Waals surface area contributed by atoms with E-state index in [0.29, 0.717) is 16.6 Å². The number of benzene rings is 2. The maximum absolute atomic E-state index is 11.0. The van der Waals surface area contributed by atoms with Gasteiger partial charge in [0.05, 0.1) is 10.0 Å². The average molecular weight is 363 g/mol. The van der Waals surface area contributed by atoms with Crippen LogP contribution in [0.5, 0.6) is 0 Å². The largest absolute Gasteiger partial charge is 0.476 e. The van der Waals surface area contributed by atoms with Gasteiger partial charge in [0.1, 0.15) is 0 Å². The molecule has 1 heterocycles. The Morgan fingerprint density at radius 3 is 2.46 bits per heavy atom. The van der Waals surface area contributed by atoms with Crippen molar-refractivity contribution in [1.29, 1.82) is 0 Å². The highest BCUT2D eigenvalue weighted by molar-refractivity contribution is 6.42. The molecule has 122 valence electrons. The molecule has 0 atom stereocenters. The van der Waals surface area contributed by atoms with Crippen LogP contribution in [0.2, 0.25) is 10.0 Å². The second-order valence-corrected chi connectivity index (χ2v) is 5.83. The van der Waals surface area contributed by atoms with Crippen LogP contribution in [0, 0.1) is 0 Å². The van der Waals surface area contributed by atoms with Gasteiger partial charge in [-0.15, -0.1) is 5.10 Å². The molecule has 1 aromatic heterocycles. The van der Waals surface area contributed by atoms with E-state index < -0.39 is 5.97 Å². The summed E-state index contributed by atoms with van der Waals surface area (Å²) in [6, 6.07) is 13.3. The predicted molar refractivity (Wildman–Crippen MR) is 92.6 cm³/mol. The Morgan fingerprint density at radius 1 is 1.08 bits per heavy atom. The number of H-pyrrole nitrogens is 1. The summed E-state index contributed by atoms with van der Waals surface area (Å²) >= 11 is 12.0. The molecule has 6 nitrogen and oxygen atoms in total. The molecule has 8 heteroatoms. The standard InChI is InChI=1S/C16H12Cl2N4O2/c17-12-6-5-11(7-13(12)18)10-3-1-9(2-4-10)8-19-15-14(16(23)24)20-22-21-15/h1-7H,8H2,(H,23,24)(H2,19,20,21,22). The highest BCUT2D eigenvalue weighted by Crippen LogP contribution is 2.28. The molecule has 0 spiro atoms. The fourth-order valence-corrected chi connectivity index (χ4v) is 2.48. The minimum absolute atomic E-state index is 0.0672. The van der Waals surface area contributed by atoms with Crippen molar-refractivity contribution in [2.24, 2.45) is 0 Å². The second-order valence-electron chi connectivity index (χ2n) is 5.02. The summed E-state index contributed by atoms with van der Waals surface area (Å²) in [5.41, 5.74) is 2.87. The van der Waals surface area contributed by atoms with Crippen LogP contribution in [0.1, 0.15) is 16.1 Å². The summed E-state index contributed by atoms with van der Waals surface area (Å²) in [5.74, 6) is -0.909. The first-order valence-electron chi connectivity index (χ1n) is 6.97. The minimum Gasteiger partial charge on any atom is -0.476 e. The van der Waals surface area contributed by atoms with Gasteiger partial charge >= 0.3 is 5.97 Å². The zero-order valence-corrected chi connectivity index (χ0v) is 13.8. The van der Waals surface area contributed by atoms with Gasteiger partial charge in [-0.05, 0) is 28.8 Å². The number of anilines is 1. The van der Waals surface area contributed by atoms with E-state index in [1.807, 2.05) is 36.4 Å². The summed E-state index contributed by atoms with van der Waals surface area (Å²) in [7, 11) is 0. The molecule has 0 radical (unpaired) electrons. The number of aromatic carboxylic acids is 1. The first-order chi connectivity index (χ1) is 11.5. The number of carboxylic acids is 1. The molecule has 3 aromatic rings. The van der Waals surface area contributed by atoms with E-state index in [9.17, 15) is 4.79 Å². The molecule has 0 aliphatic carbocycles. The lowest BCUT2D eigenvalue weighted by Crippen LogP contribution is -2.06. The monoisotopic (exact) mass is 362 g/mol. The Morgan fingerprint density at radius 2 is 1.79 bits per heavy atom. The Hall–Kier alpha value is -2.57. The van der Waals surface area contributed by atoms with Crippen molar-refractivity contribution in [3.63, 3.8) is 0 Å². The molecule has 0 saturated heterocycles. The van der Waals surface area contributed by atoms with Gasteiger partial charge in [-0.2, -0.15) is 0 Å². The number of carboxylic acid groups (broad SMARTS) is 1. The number of aromatic nitrogens is 3. The van der Waals surface area contributed by atoms with Crippen LogP contribution in [0.4, 0.5) is 5.82 Å². The van der Waals surface area contributed by atoms with E-state index >= 15 is 0 Å². The van der Waals surface area contributed by atoms with Gasteiger partial charge in [-0.3, -0.25) is 0 Å². The third-order valence-electron chi connectivity index (χ3n) is 3.43. The number of carbonyl (C=O) groups is 1. The maximum Gasteiger partial charge on any atom is 0.357 e. The number of halogens is 2. The van der Waals surface area contributed by atoms with Crippen LogP contribution in [0.3, 0.4) is 0 Å². The van der Waals surface area contributed by atoms with E-state index in [1.165, 1.54) is 0 Å². The number of hydrogen-bond donors (Lipinski definition) is 3. The number of nitrogens with zero attached hydrogens (tertiary/aromatic N) is 2. The molecule has 0 fully saturated rings. The molecule has 0 aliphatic rings. The van der Waals surface area contributed by atoms with Gasteiger partial charge in [-0.25, -0.2) is 9.89 Å². The third-order valence-corrected chi connectivity index (χ3v) is 4.17. The number of rotatable bonds is 5. The summed E-state index contributed by atoms with van der Waals surface area (Å²) in [6.45, 7) is 0.425. The fourth-order valence-electron chi connectivity index (χ4n) is 2.18. The zero-order valence-electron chi connectivity index (χ0n) is 12.3. The highest BCUT2D eigenvalue weighted by Gasteiger charge is 2.13. The van der Waals surface area contributed by atoms with Crippen molar-refractivity contribution in [1.82, 2.24) is 15.4 Å². The van der Waals surface area contributed by atoms with Crippen LogP contribution in [0.15, 0.2) is 42.5 Å². The minimum atomic E-state index is -1.11. The zero-order chi connectivity index (χ0) is 17.1. The molecule has 3 N–H and O–H groups in total. The maximum atomic E-state index is 11.0. The van der Waals surface area contributed by atoms with E-state index in [1.54, 1.807) is 6.07 Å². The van der Waals surface area contributed by atoms with Crippen LogP contribution in [0.25, 0.3) is 11.1 Å². The smallest absolute Gasteiger partial charge is 0.357 e. The fraction of sp³-hybridized carbons (Fsp3) is 0.0625. The average Bonchev–Trinajstić information content (AvgIpc) is 3.05. The lowest BCUT2D eigenvalue weighted by molar-refractivity contribution is 0.0691. The Kier molecular flexibility index (Phi) is 4.69. The first-order valence-corrected chi connectivity index (χ1v) is 7.73. The molecule has 0 amide bonds. The van der Waals surface area contributed by atoms with Gasteiger partial charge in [0.2, 0.25) is 0 Å². The third kappa shape index (κ3) is 3.50. The van der Waals surface area contributed by atoms with Crippen LogP contribution in [-0.2, 0) is 6.54 Å². The van der Waals surface area contributed by atoms with Crippen molar-refractivity contribution in [2.45, 2.75) is 6.54 Å². The van der Waals surface area contributed by atoms with Crippen molar-refractivity contribution < 1.29 is 9.90 Å². The number of aromatic amines is 1. The van der Waals surface area contributed by atoms with E-state index in [0.717, 1.165) is 16.7 Å². The van der Waals surface area contributed by atoms with E-state index in [-0.39, 0.29) is 11.5 Å². The van der Waals surface area contributed by atoms with Gasteiger partial charge in [0, 0.05) is 6.54 Å². The summed E-state index contributed by atoms with van der Waals surface area (Å²) < 4.78 is 0. The molecule has 0 aliphatic heterocycles. The molecule has 24 heavy (non-hydrogen) atoms. The van der Waals surface area contributed by atoms with Crippen molar-refractivity contribution in [3.05, 3.63) is 63.8 Å². The molecule has 0 unspecified atom stereocenters. The van der Waals surface area contributed by atoms with Gasteiger partial charge < -0.3 is 10.4 Å². The summed E-state index contributed by atoms with van der Waals surface area (Å²) in [5, 5.41) is 22.5. The predicted octanol–water partition coefficient (Wildman–Crippen LogP) is 4.09. The van der Waals surface area contributed by atoms with Gasteiger partial charge in [0.25, 0.3) is 0 Å². The summed E-state index contributed by atoms with van der Waals surface area (Å²) in [4.78, 5) is 11.0. The molecule has 0 bridgehead atoms. The number of nitrogens with one attached hydrogen (secondary N) is 2. The molecule has 0 saturated carbocycles. The lowest BCUT2D eigenvalue weighted by atomic mass is 10.0. The van der Waals surface area contributed by atoms with Crippen LogP contribution in [-0.4, -0.2) is 26.5 Å². The summed E-state index contributed by atoms with van der Waals surface area (Å²) in [6.07, 6.45) is 0. The lowest BCUT2D eigenvalue weighted by Gasteiger charge is -2.07. The SMILES string of the molecule is O=C(O)c1[nH]nnc1NCc1ccc(-c2ccc(Cl)c(Cl)c2)cc1. The van der Waals surface area contributed by atoms with E-state index in [2.05, 4.69) is 20.7 Å². The molecule has 3 rings (SSSR count). The normalized spacial score (nSPS) is 10.6. The molecular formula is C16H12Cl2N4O2. The Labute approximate surface area is 147 Å². The first kappa shape index (κ1) is 16.3. The van der Waals surface area contributed by atoms with Crippen molar-refractivity contribution in [3.8, 4) is 11.1 Å². The topological polar surface area (TPSA) is 90.9 Å². The van der Waals surface area contributed by atoms with Gasteiger partial charge in [-0.1, -0.05) is 58.7 Å². The Balaban J connectivity index is 1.71. The molecule has 2 aromatic carbocycles. The van der Waals surface area contributed by atoms with Crippen LogP contribution >= 0.6 is 23.2 Å².